The fraction of sp³-hybridized carbons (Fsp3) is 0.652. The molecule has 0 bridgehead atoms. The third-order valence-electron chi connectivity index (χ3n) is 6.20. The maximum absolute atomic E-state index is 11.6. The second kappa shape index (κ2) is 13.6. The van der Waals surface area contributed by atoms with E-state index >= 15 is 0 Å². The molecule has 1 aliphatic rings. The number of carbonyl (C=O) groups excluding carboxylic acids is 1. The fourth-order valence-electron chi connectivity index (χ4n) is 3.06. The number of nitrogens with zero attached hydrogens (tertiary/aromatic N) is 3. The van der Waals surface area contributed by atoms with E-state index in [-0.39, 0.29) is 18.3 Å². The van der Waals surface area contributed by atoms with Crippen LogP contribution in [0.5, 0.6) is 0 Å². The van der Waals surface area contributed by atoms with Crippen LogP contribution in [0.1, 0.15) is 33.3 Å². The zero-order chi connectivity index (χ0) is 28.7. The summed E-state index contributed by atoms with van der Waals surface area (Å²) in [5, 5.41) is 11.6. The molecule has 1 N–H and O–H groups in total. The lowest BCUT2D eigenvalue weighted by Crippen LogP contribution is -2.61. The smallest absolute Gasteiger partial charge is 0.302 e. The molecule has 38 heavy (non-hydrogen) atoms. The molecule has 1 saturated heterocycles. The zero-order valence-corrected chi connectivity index (χ0v) is 25.3. The Morgan fingerprint density at radius 1 is 1.18 bits per heavy atom. The Balaban J connectivity index is 2.49. The molecule has 11 nitrogen and oxygen atoms in total. The first-order valence-corrected chi connectivity index (χ1v) is 15.8. The van der Waals surface area contributed by atoms with Gasteiger partial charge in [-0.2, -0.15) is 0 Å². The zero-order valence-electron chi connectivity index (χ0n) is 22.0. The van der Waals surface area contributed by atoms with Gasteiger partial charge in [-0.1, -0.05) is 91.0 Å². The van der Waals surface area contributed by atoms with E-state index in [9.17, 15) is 10.3 Å². The Labute approximate surface area is 238 Å². The number of rotatable bonds is 10. The van der Waals surface area contributed by atoms with Crippen LogP contribution in [-0.4, -0.2) is 61.2 Å². The van der Waals surface area contributed by atoms with Gasteiger partial charge in [-0.05, 0) is 29.2 Å². The molecular weight excluding hydrogens is 579 g/mol. The Morgan fingerprint density at radius 3 is 2.34 bits per heavy atom. The fourth-order valence-corrected chi connectivity index (χ4v) is 3.80. The first-order chi connectivity index (χ1) is 17.6. The predicted molar refractivity (Wildman–Crippen MR) is 146 cm³/mol. The molecule has 2 rings (SSSR count). The van der Waals surface area contributed by atoms with Crippen LogP contribution in [0.15, 0.2) is 35.4 Å². The van der Waals surface area contributed by atoms with Crippen LogP contribution in [0.2, 0.25) is 18.1 Å². The van der Waals surface area contributed by atoms with E-state index in [1.165, 1.54) is 6.92 Å². The number of esters is 1. The summed E-state index contributed by atoms with van der Waals surface area (Å²) in [5.41, 5.74) is 10.2. The summed E-state index contributed by atoms with van der Waals surface area (Å²) in [6.07, 6.45) is -4.55. The Bertz CT molecular complexity index is 1000. The topological polar surface area (TPSA) is 145 Å². The highest BCUT2D eigenvalue weighted by Gasteiger charge is 2.52. The van der Waals surface area contributed by atoms with E-state index in [0.29, 0.717) is 0 Å². The Morgan fingerprint density at radius 2 is 1.82 bits per heavy atom. The molecule has 1 fully saturated rings. The normalized spacial score (nSPS) is 24.3. The van der Waals surface area contributed by atoms with Crippen molar-refractivity contribution in [2.45, 2.75) is 86.9 Å². The minimum absolute atomic E-state index is 0.0951. The van der Waals surface area contributed by atoms with Crippen LogP contribution in [-0.2, 0) is 39.8 Å². The molecule has 1 unspecified atom stereocenters. The molecule has 0 spiro atoms. The summed E-state index contributed by atoms with van der Waals surface area (Å²) in [7, 11) is -2.45. The molecule has 0 radical (unpaired) electrons. The molecule has 0 aliphatic carbocycles. The number of halogens is 3. The van der Waals surface area contributed by atoms with E-state index in [0.717, 1.165) is 5.56 Å². The van der Waals surface area contributed by atoms with Gasteiger partial charge in [-0.3, -0.25) is 14.8 Å². The first kappa shape index (κ1) is 32.6. The van der Waals surface area contributed by atoms with Crippen molar-refractivity contribution in [3.05, 3.63) is 46.3 Å². The second-order valence-corrected chi connectivity index (χ2v) is 17.1. The average molecular weight is 612 g/mol. The van der Waals surface area contributed by atoms with Gasteiger partial charge >= 0.3 is 5.97 Å². The predicted octanol–water partition coefficient (Wildman–Crippen LogP) is 6.22. The molecular formula is C23H33Cl3N4O7Si. The summed E-state index contributed by atoms with van der Waals surface area (Å²) in [6, 6.07) is 8.05. The van der Waals surface area contributed by atoms with Crippen LogP contribution in [0.3, 0.4) is 0 Å². The summed E-state index contributed by atoms with van der Waals surface area (Å²) in [5.74, 6) is -1.33. The number of alkyl halides is 3. The monoisotopic (exact) mass is 610 g/mol. The molecule has 0 amide bonds. The highest BCUT2D eigenvalue weighted by atomic mass is 35.6. The number of carbonyl (C=O) groups is 1. The van der Waals surface area contributed by atoms with Crippen molar-refractivity contribution in [3.8, 4) is 0 Å². The lowest BCUT2D eigenvalue weighted by Gasteiger charge is -2.45. The standard InChI is InChI=1S/C23H33Cl3N4O7Si/c1-14(31)32-13-16-18(36-37-38(5,6)22(2,3)4)19(33-12-15-10-8-7-9-11-15)17(29-30-28)20(34-16)35-21(27)23(24,25)26/h7-11,16-20,27H,12-13H2,1-6H3/t16-,17-,18-,19-,20?/m1/s1. The maximum atomic E-state index is 11.6. The molecule has 1 aliphatic heterocycles. The Kier molecular flexibility index (Phi) is 11.7. The number of ether oxygens (including phenoxy) is 4. The number of benzene rings is 1. The molecule has 1 aromatic rings. The number of hydrogen-bond acceptors (Lipinski definition) is 9. The van der Waals surface area contributed by atoms with Crippen molar-refractivity contribution >= 4 is 55.0 Å². The van der Waals surface area contributed by atoms with Crippen LogP contribution in [0.25, 0.3) is 10.4 Å². The van der Waals surface area contributed by atoms with Gasteiger partial charge < -0.3 is 18.9 Å². The molecule has 0 aromatic heterocycles. The molecule has 5 atom stereocenters. The summed E-state index contributed by atoms with van der Waals surface area (Å²) in [4.78, 5) is 20.5. The van der Waals surface area contributed by atoms with Crippen molar-refractivity contribution in [3.63, 3.8) is 0 Å². The number of azide groups is 1. The van der Waals surface area contributed by atoms with Crippen molar-refractivity contribution in [1.29, 1.82) is 5.41 Å². The second-order valence-electron chi connectivity index (χ2n) is 10.2. The third-order valence-corrected chi connectivity index (χ3v) is 10.8. The van der Waals surface area contributed by atoms with E-state index in [2.05, 4.69) is 10.0 Å². The van der Waals surface area contributed by atoms with Gasteiger partial charge in [0.05, 0.1) is 6.61 Å². The lowest BCUT2D eigenvalue weighted by molar-refractivity contribution is -0.347. The highest BCUT2D eigenvalue weighted by Crippen LogP contribution is 2.39. The van der Waals surface area contributed by atoms with E-state index < -0.39 is 54.6 Å². The molecule has 212 valence electrons. The highest BCUT2D eigenvalue weighted by molar-refractivity contribution is 6.76. The van der Waals surface area contributed by atoms with Crippen LogP contribution < -0.4 is 0 Å². The Hall–Kier alpha value is -1.60. The molecule has 1 aromatic carbocycles. The maximum Gasteiger partial charge on any atom is 0.302 e. The van der Waals surface area contributed by atoms with Crippen molar-refractivity contribution < 1.29 is 33.2 Å². The molecule has 15 heteroatoms. The van der Waals surface area contributed by atoms with Crippen molar-refractivity contribution in [1.82, 2.24) is 0 Å². The molecule has 1 heterocycles. The lowest BCUT2D eigenvalue weighted by atomic mass is 9.97. The van der Waals surface area contributed by atoms with Gasteiger partial charge in [0, 0.05) is 11.8 Å². The van der Waals surface area contributed by atoms with Gasteiger partial charge in [-0.25, -0.2) is 4.89 Å². The van der Waals surface area contributed by atoms with E-state index in [1.807, 2.05) is 64.2 Å². The van der Waals surface area contributed by atoms with Gasteiger partial charge in [0.15, 0.2) is 0 Å². The largest absolute Gasteiger partial charge is 0.463 e. The van der Waals surface area contributed by atoms with Gasteiger partial charge in [-0.15, -0.1) is 0 Å². The van der Waals surface area contributed by atoms with E-state index in [1.54, 1.807) is 0 Å². The number of hydrogen-bond donors (Lipinski definition) is 1. The summed E-state index contributed by atoms with van der Waals surface area (Å²) >= 11 is 17.4. The minimum Gasteiger partial charge on any atom is -0.463 e. The SMILES string of the molecule is CC(=O)OC[C@H]1OC(OC(=N)C(Cl)(Cl)Cl)[C@H](N=[N+]=[N-])[C@@H](OCc2ccccc2)[C@@H]1OO[Si](C)(C)C(C)(C)C. The average Bonchev–Trinajstić information content (AvgIpc) is 2.81. The van der Waals surface area contributed by atoms with Crippen LogP contribution >= 0.6 is 34.8 Å². The van der Waals surface area contributed by atoms with Gasteiger partial charge in [0.2, 0.25) is 20.5 Å². The van der Waals surface area contributed by atoms with Crippen LogP contribution in [0, 0.1) is 5.41 Å². The van der Waals surface area contributed by atoms with Crippen molar-refractivity contribution in [2.24, 2.45) is 5.11 Å². The quantitative estimate of drug-likeness (QED) is 0.0315. The first-order valence-electron chi connectivity index (χ1n) is 11.7. The minimum atomic E-state index is -2.45. The molecule has 0 saturated carbocycles. The van der Waals surface area contributed by atoms with E-state index in [4.69, 9.17) is 68.6 Å². The summed E-state index contributed by atoms with van der Waals surface area (Å²) in [6.45, 7) is 11.1. The van der Waals surface area contributed by atoms with Crippen molar-refractivity contribution in [2.75, 3.05) is 6.61 Å². The summed E-state index contributed by atoms with van der Waals surface area (Å²) < 4.78 is 26.6. The number of nitrogens with one attached hydrogen (secondary N) is 1. The van der Waals surface area contributed by atoms with Crippen LogP contribution in [0.4, 0.5) is 0 Å². The van der Waals surface area contributed by atoms with Gasteiger partial charge in [0.25, 0.3) is 3.79 Å². The third kappa shape index (κ3) is 9.25. The van der Waals surface area contributed by atoms with Gasteiger partial charge in [0.1, 0.15) is 31.0 Å².